The van der Waals surface area contributed by atoms with Crippen LogP contribution < -0.4 is 10.1 Å². The van der Waals surface area contributed by atoms with E-state index in [0.717, 1.165) is 16.3 Å². The summed E-state index contributed by atoms with van der Waals surface area (Å²) in [7, 11) is 0. The van der Waals surface area contributed by atoms with Gasteiger partial charge in [-0.15, -0.1) is 11.3 Å². The molecule has 1 amide bonds. The summed E-state index contributed by atoms with van der Waals surface area (Å²) in [4.78, 5) is 14.8. The van der Waals surface area contributed by atoms with Crippen LogP contribution in [0.25, 0.3) is 10.6 Å². The van der Waals surface area contributed by atoms with Crippen LogP contribution in [0.5, 0.6) is 5.75 Å². The fourth-order valence-corrected chi connectivity index (χ4v) is 2.55. The van der Waals surface area contributed by atoms with E-state index in [2.05, 4.69) is 10.3 Å². The number of amides is 1. The number of halogens is 1. The number of ether oxygens (including phenoxy) is 1. The second kappa shape index (κ2) is 7.56. The van der Waals surface area contributed by atoms with Crippen LogP contribution in [-0.2, 0) is 0 Å². The van der Waals surface area contributed by atoms with Gasteiger partial charge < -0.3 is 15.2 Å². The van der Waals surface area contributed by atoms with Gasteiger partial charge >= 0.3 is 6.09 Å². The van der Waals surface area contributed by atoms with Crippen LogP contribution in [0, 0.1) is 6.92 Å². The molecule has 5 nitrogen and oxygen atoms in total. The number of nitrogens with zero attached hydrogens (tertiary/aromatic N) is 1. The Morgan fingerprint density at radius 2 is 2.27 bits per heavy atom. The third-order valence-electron chi connectivity index (χ3n) is 2.77. The van der Waals surface area contributed by atoms with Gasteiger partial charge in [0.1, 0.15) is 17.4 Å². The molecule has 0 radical (unpaired) electrons. The molecule has 22 heavy (non-hydrogen) atoms. The van der Waals surface area contributed by atoms with Crippen LogP contribution in [0.1, 0.15) is 5.69 Å². The summed E-state index contributed by atoms with van der Waals surface area (Å²) in [5, 5.41) is 13.4. The lowest BCUT2D eigenvalue weighted by Gasteiger charge is -2.11. The van der Waals surface area contributed by atoms with Crippen LogP contribution in [0.2, 0.25) is 0 Å². The maximum absolute atomic E-state index is 12.8. The van der Waals surface area contributed by atoms with E-state index in [0.29, 0.717) is 12.1 Å². The fourth-order valence-electron chi connectivity index (χ4n) is 1.73. The van der Waals surface area contributed by atoms with Crippen LogP contribution in [0.4, 0.5) is 9.18 Å². The van der Waals surface area contributed by atoms with Gasteiger partial charge in [0.05, 0.1) is 11.9 Å². The van der Waals surface area contributed by atoms with Crippen molar-refractivity contribution in [1.82, 2.24) is 10.3 Å². The number of para-hydroxylation sites is 1. The lowest BCUT2D eigenvalue weighted by molar-refractivity contribution is 0.195. The summed E-state index contributed by atoms with van der Waals surface area (Å²) in [6, 6.07) is 7.33. The van der Waals surface area contributed by atoms with Crippen LogP contribution in [0.3, 0.4) is 0 Å². The van der Waals surface area contributed by atoms with Gasteiger partial charge in [0.15, 0.2) is 0 Å². The molecule has 1 heterocycles. The van der Waals surface area contributed by atoms with Gasteiger partial charge in [-0.2, -0.15) is 0 Å². The summed E-state index contributed by atoms with van der Waals surface area (Å²) in [6.07, 6.45) is -0.857. The molecule has 116 valence electrons. The Balaban J connectivity index is 2.08. The van der Waals surface area contributed by atoms with E-state index in [1.54, 1.807) is 6.07 Å². The summed E-state index contributed by atoms with van der Waals surface area (Å²) in [5.74, 6) is 0.575. The molecule has 1 aromatic heterocycles. The topological polar surface area (TPSA) is 71.5 Å². The Kier molecular flexibility index (Phi) is 5.48. The molecule has 1 aromatic carbocycles. The number of aromatic nitrogens is 1. The van der Waals surface area contributed by atoms with Gasteiger partial charge in [-0.25, -0.2) is 14.2 Å². The Bertz CT molecular complexity index is 685. The average Bonchev–Trinajstić information content (AvgIpc) is 2.94. The highest BCUT2D eigenvalue weighted by molar-refractivity contribution is 7.13. The van der Waals surface area contributed by atoms with Gasteiger partial charge in [-0.1, -0.05) is 12.1 Å². The van der Waals surface area contributed by atoms with Gasteiger partial charge in [0, 0.05) is 23.2 Å². The molecule has 0 aliphatic rings. The molecule has 2 N–H and O–H groups in total. The molecule has 0 aliphatic carbocycles. The van der Waals surface area contributed by atoms with Gasteiger partial charge in [0.25, 0.3) is 0 Å². The molecule has 0 bridgehead atoms. The van der Waals surface area contributed by atoms with Gasteiger partial charge in [-0.05, 0) is 19.1 Å². The SMILES string of the molecule is Cc1csc(-c2ccccc2OCC(=CF)CNC(=O)O)n1. The lowest BCUT2D eigenvalue weighted by Crippen LogP contribution is -2.25. The van der Waals surface area contributed by atoms with E-state index in [1.807, 2.05) is 30.5 Å². The number of rotatable bonds is 6. The zero-order valence-corrected chi connectivity index (χ0v) is 12.7. The first-order chi connectivity index (χ1) is 10.6. The number of hydrogen-bond donors (Lipinski definition) is 2. The summed E-state index contributed by atoms with van der Waals surface area (Å²) in [5.41, 5.74) is 1.95. The molecule has 0 unspecified atom stereocenters. The number of carboxylic acid groups (broad SMARTS) is 1. The van der Waals surface area contributed by atoms with Crippen molar-refractivity contribution in [2.24, 2.45) is 0 Å². The Morgan fingerprint density at radius 1 is 1.50 bits per heavy atom. The highest BCUT2D eigenvalue weighted by Gasteiger charge is 2.10. The average molecular weight is 322 g/mol. The fraction of sp³-hybridized carbons (Fsp3) is 0.200. The van der Waals surface area contributed by atoms with Crippen molar-refractivity contribution in [2.45, 2.75) is 6.92 Å². The second-order valence-corrected chi connectivity index (χ2v) is 5.36. The largest absolute Gasteiger partial charge is 0.488 e. The summed E-state index contributed by atoms with van der Waals surface area (Å²) in [6.45, 7) is 1.74. The molecule has 0 aliphatic heterocycles. The summed E-state index contributed by atoms with van der Waals surface area (Å²) < 4.78 is 18.4. The van der Waals surface area contributed by atoms with Crippen LogP contribution >= 0.6 is 11.3 Å². The second-order valence-electron chi connectivity index (χ2n) is 4.50. The minimum Gasteiger partial charge on any atom is -0.488 e. The number of nitrogens with one attached hydrogen (secondary N) is 1. The minimum atomic E-state index is -1.21. The quantitative estimate of drug-likeness (QED) is 0.852. The van der Waals surface area contributed by atoms with Crippen molar-refractivity contribution in [3.63, 3.8) is 0 Å². The molecule has 0 fully saturated rings. The zero-order valence-electron chi connectivity index (χ0n) is 11.9. The van der Waals surface area contributed by atoms with Crippen molar-refractivity contribution in [3.8, 4) is 16.3 Å². The molecule has 2 aromatic rings. The lowest BCUT2D eigenvalue weighted by atomic mass is 10.2. The van der Waals surface area contributed by atoms with Gasteiger partial charge in [0.2, 0.25) is 0 Å². The zero-order chi connectivity index (χ0) is 15.9. The van der Waals surface area contributed by atoms with E-state index in [1.165, 1.54) is 11.3 Å². The molecule has 0 saturated carbocycles. The highest BCUT2D eigenvalue weighted by atomic mass is 32.1. The van der Waals surface area contributed by atoms with E-state index in [-0.39, 0.29) is 18.7 Å². The predicted molar refractivity (Wildman–Crippen MR) is 83.0 cm³/mol. The molecular formula is C15H15FN2O3S. The van der Waals surface area contributed by atoms with Crippen molar-refractivity contribution < 1.29 is 19.0 Å². The van der Waals surface area contributed by atoms with Crippen molar-refractivity contribution >= 4 is 17.4 Å². The first-order valence-corrected chi connectivity index (χ1v) is 7.37. The third kappa shape index (κ3) is 4.29. The third-order valence-corrected chi connectivity index (χ3v) is 3.76. The number of aryl methyl sites for hydroxylation is 1. The number of benzene rings is 1. The van der Waals surface area contributed by atoms with E-state index >= 15 is 0 Å². The van der Waals surface area contributed by atoms with E-state index in [4.69, 9.17) is 9.84 Å². The Hall–Kier alpha value is -2.41. The molecule has 0 saturated heterocycles. The van der Waals surface area contributed by atoms with Crippen molar-refractivity contribution in [2.75, 3.05) is 13.2 Å². The van der Waals surface area contributed by atoms with Crippen LogP contribution in [-0.4, -0.2) is 29.3 Å². The number of hydrogen-bond acceptors (Lipinski definition) is 4. The summed E-state index contributed by atoms with van der Waals surface area (Å²) >= 11 is 1.50. The normalized spacial score (nSPS) is 11.3. The number of thiazole rings is 1. The minimum absolute atomic E-state index is 0.0435. The highest BCUT2D eigenvalue weighted by Crippen LogP contribution is 2.32. The molecular weight excluding hydrogens is 307 g/mol. The number of carbonyl (C=O) groups is 1. The predicted octanol–water partition coefficient (Wildman–Crippen LogP) is 3.62. The smallest absolute Gasteiger partial charge is 0.404 e. The van der Waals surface area contributed by atoms with Crippen molar-refractivity contribution in [1.29, 1.82) is 0 Å². The molecule has 2 rings (SSSR count). The maximum Gasteiger partial charge on any atom is 0.404 e. The molecule has 7 heteroatoms. The molecule has 0 spiro atoms. The molecule has 0 atom stereocenters. The van der Waals surface area contributed by atoms with Crippen LogP contribution in [0.15, 0.2) is 41.5 Å². The van der Waals surface area contributed by atoms with E-state index in [9.17, 15) is 9.18 Å². The Labute approximate surface area is 131 Å². The van der Waals surface area contributed by atoms with E-state index < -0.39 is 6.09 Å². The van der Waals surface area contributed by atoms with Crippen molar-refractivity contribution in [3.05, 3.63) is 47.2 Å². The standard InChI is InChI=1S/C15H15FN2O3S/c1-10-9-22-14(18-10)12-4-2-3-5-13(12)21-8-11(6-16)7-17-15(19)20/h2-6,9,17H,7-8H2,1H3,(H,19,20). The van der Waals surface area contributed by atoms with Gasteiger partial charge in [-0.3, -0.25) is 0 Å². The maximum atomic E-state index is 12.8. The first-order valence-electron chi connectivity index (χ1n) is 6.49. The Morgan fingerprint density at radius 3 is 2.91 bits per heavy atom. The first kappa shape index (κ1) is 16.0. The monoisotopic (exact) mass is 322 g/mol.